The molecule has 1 amide bonds. The number of carbonyl (C=O) groups excluding carboxylic acids is 1. The minimum Gasteiger partial charge on any atom is -0.343 e. The number of carbonyl (C=O) groups is 1. The predicted octanol–water partition coefficient (Wildman–Crippen LogP) is 6.58. The molecule has 0 fully saturated rings. The van der Waals surface area contributed by atoms with E-state index in [-0.39, 0.29) is 5.91 Å². The van der Waals surface area contributed by atoms with Crippen LogP contribution in [0.2, 0.25) is 0 Å². The van der Waals surface area contributed by atoms with Crippen molar-refractivity contribution in [3.05, 3.63) is 101 Å². The van der Waals surface area contributed by atoms with Gasteiger partial charge in [-0.25, -0.2) is 0 Å². The lowest BCUT2D eigenvalue weighted by atomic mass is 10.1. The van der Waals surface area contributed by atoms with E-state index in [2.05, 4.69) is 84.5 Å². The predicted molar refractivity (Wildman–Crippen MR) is 130 cm³/mol. The molecule has 0 saturated carbocycles. The SMILES string of the molecule is Cc1ccccc1Cn1cc(CCCC(=O)Nc2cccc(C)c2C)c2ccccc21. The molecule has 3 heteroatoms. The van der Waals surface area contributed by atoms with Crippen molar-refractivity contribution in [2.24, 2.45) is 0 Å². The third-order valence-electron chi connectivity index (χ3n) is 6.20. The van der Waals surface area contributed by atoms with E-state index in [1.54, 1.807) is 0 Å². The monoisotopic (exact) mass is 410 g/mol. The quantitative estimate of drug-likeness (QED) is 0.367. The third-order valence-corrected chi connectivity index (χ3v) is 6.20. The molecule has 0 atom stereocenters. The first-order valence-corrected chi connectivity index (χ1v) is 11.0. The minimum atomic E-state index is 0.0809. The molecule has 1 aromatic heterocycles. The molecule has 4 rings (SSSR count). The van der Waals surface area contributed by atoms with Crippen molar-refractivity contribution in [1.82, 2.24) is 4.57 Å². The van der Waals surface area contributed by atoms with E-state index < -0.39 is 0 Å². The van der Waals surface area contributed by atoms with Crippen LogP contribution in [0.25, 0.3) is 10.9 Å². The summed E-state index contributed by atoms with van der Waals surface area (Å²) in [4.78, 5) is 12.5. The zero-order valence-corrected chi connectivity index (χ0v) is 18.6. The van der Waals surface area contributed by atoms with Gasteiger partial charge in [0.15, 0.2) is 0 Å². The molecule has 3 aromatic carbocycles. The van der Waals surface area contributed by atoms with Gasteiger partial charge in [0, 0.05) is 35.8 Å². The summed E-state index contributed by atoms with van der Waals surface area (Å²) in [6.07, 6.45) is 4.50. The van der Waals surface area contributed by atoms with Crippen molar-refractivity contribution in [2.45, 2.75) is 46.6 Å². The Bertz CT molecular complexity index is 1220. The van der Waals surface area contributed by atoms with Gasteiger partial charge in [-0.1, -0.05) is 54.6 Å². The van der Waals surface area contributed by atoms with E-state index in [9.17, 15) is 4.79 Å². The van der Waals surface area contributed by atoms with Crippen molar-refractivity contribution >= 4 is 22.5 Å². The van der Waals surface area contributed by atoms with Crippen LogP contribution in [0, 0.1) is 20.8 Å². The molecule has 3 nitrogen and oxygen atoms in total. The second-order valence-electron chi connectivity index (χ2n) is 8.38. The number of anilines is 1. The average molecular weight is 411 g/mol. The topological polar surface area (TPSA) is 34.0 Å². The number of nitrogens with zero attached hydrogens (tertiary/aromatic N) is 1. The Kier molecular flexibility index (Phi) is 6.22. The standard InChI is InChI=1S/C28H30N2O/c1-20-11-8-15-26(22(20)3)29-28(31)17-9-13-24-19-30(27-16-7-6-14-25(24)27)18-23-12-5-4-10-21(23)2/h4-8,10-12,14-16,19H,9,13,17-18H2,1-3H3,(H,29,31). The molecule has 4 aromatic rings. The van der Waals surface area contributed by atoms with Gasteiger partial charge in [0.1, 0.15) is 0 Å². The maximum atomic E-state index is 12.5. The number of aromatic nitrogens is 1. The highest BCUT2D eigenvalue weighted by atomic mass is 16.1. The maximum Gasteiger partial charge on any atom is 0.224 e. The summed E-state index contributed by atoms with van der Waals surface area (Å²) in [5, 5.41) is 4.36. The molecule has 0 radical (unpaired) electrons. The number of fused-ring (bicyclic) bond motifs is 1. The first-order chi connectivity index (χ1) is 15.0. The van der Waals surface area contributed by atoms with Gasteiger partial charge in [0.25, 0.3) is 0 Å². The van der Waals surface area contributed by atoms with E-state index in [1.807, 2.05) is 19.1 Å². The highest BCUT2D eigenvalue weighted by Crippen LogP contribution is 2.25. The van der Waals surface area contributed by atoms with Crippen LogP contribution < -0.4 is 5.32 Å². The molecule has 158 valence electrons. The van der Waals surface area contributed by atoms with Gasteiger partial charge in [-0.05, 0) is 73.6 Å². The van der Waals surface area contributed by atoms with Crippen molar-refractivity contribution < 1.29 is 4.79 Å². The van der Waals surface area contributed by atoms with Gasteiger partial charge < -0.3 is 9.88 Å². The fourth-order valence-electron chi connectivity index (χ4n) is 4.16. The van der Waals surface area contributed by atoms with E-state index in [0.29, 0.717) is 6.42 Å². The van der Waals surface area contributed by atoms with Gasteiger partial charge in [0.05, 0.1) is 0 Å². The Morgan fingerprint density at radius 3 is 2.42 bits per heavy atom. The van der Waals surface area contributed by atoms with Crippen LogP contribution in [-0.2, 0) is 17.8 Å². The molecule has 0 spiro atoms. The summed E-state index contributed by atoms with van der Waals surface area (Å²) in [5.41, 5.74) is 8.45. The summed E-state index contributed by atoms with van der Waals surface area (Å²) >= 11 is 0. The zero-order valence-electron chi connectivity index (χ0n) is 18.6. The van der Waals surface area contributed by atoms with E-state index in [0.717, 1.165) is 30.6 Å². The van der Waals surface area contributed by atoms with Crippen molar-refractivity contribution in [3.63, 3.8) is 0 Å². The van der Waals surface area contributed by atoms with E-state index in [1.165, 1.54) is 33.2 Å². The third kappa shape index (κ3) is 4.72. The number of hydrogen-bond donors (Lipinski definition) is 1. The summed E-state index contributed by atoms with van der Waals surface area (Å²) in [6.45, 7) is 7.14. The number of amides is 1. The van der Waals surface area contributed by atoms with Crippen molar-refractivity contribution in [3.8, 4) is 0 Å². The number of para-hydroxylation sites is 1. The molecular weight excluding hydrogens is 380 g/mol. The summed E-state index contributed by atoms with van der Waals surface area (Å²) in [7, 11) is 0. The van der Waals surface area contributed by atoms with Crippen LogP contribution in [0.3, 0.4) is 0 Å². The first kappa shape index (κ1) is 20.9. The molecule has 0 bridgehead atoms. The van der Waals surface area contributed by atoms with Gasteiger partial charge in [-0.3, -0.25) is 4.79 Å². The largest absolute Gasteiger partial charge is 0.343 e. The Hall–Kier alpha value is -3.33. The highest BCUT2D eigenvalue weighted by molar-refractivity contribution is 5.91. The second kappa shape index (κ2) is 9.22. The average Bonchev–Trinajstić information content (AvgIpc) is 3.11. The van der Waals surface area contributed by atoms with Crippen molar-refractivity contribution in [2.75, 3.05) is 5.32 Å². The van der Waals surface area contributed by atoms with Crippen molar-refractivity contribution in [1.29, 1.82) is 0 Å². The number of rotatable bonds is 7. The number of hydrogen-bond acceptors (Lipinski definition) is 1. The zero-order chi connectivity index (χ0) is 21.8. The molecule has 1 heterocycles. The Labute approximate surface area is 184 Å². The highest BCUT2D eigenvalue weighted by Gasteiger charge is 2.11. The fraction of sp³-hybridized carbons (Fsp3) is 0.250. The fourth-order valence-corrected chi connectivity index (χ4v) is 4.16. The molecule has 0 aliphatic carbocycles. The smallest absolute Gasteiger partial charge is 0.224 e. The van der Waals surface area contributed by atoms with Crippen LogP contribution in [0.4, 0.5) is 5.69 Å². The first-order valence-electron chi connectivity index (χ1n) is 11.0. The lowest BCUT2D eigenvalue weighted by Crippen LogP contribution is -2.12. The van der Waals surface area contributed by atoms with E-state index >= 15 is 0 Å². The number of benzene rings is 3. The second-order valence-corrected chi connectivity index (χ2v) is 8.38. The lowest BCUT2D eigenvalue weighted by molar-refractivity contribution is -0.116. The number of aryl methyl sites for hydroxylation is 3. The normalized spacial score (nSPS) is 11.1. The molecule has 0 aliphatic heterocycles. The molecule has 1 N–H and O–H groups in total. The maximum absolute atomic E-state index is 12.5. The van der Waals surface area contributed by atoms with Gasteiger partial charge >= 0.3 is 0 Å². The van der Waals surface area contributed by atoms with Crippen LogP contribution in [0.5, 0.6) is 0 Å². The molecule has 31 heavy (non-hydrogen) atoms. The molecule has 0 unspecified atom stereocenters. The number of nitrogens with one attached hydrogen (secondary N) is 1. The van der Waals surface area contributed by atoms with Gasteiger partial charge in [-0.15, -0.1) is 0 Å². The molecule has 0 saturated heterocycles. The molecule has 0 aliphatic rings. The van der Waals surface area contributed by atoms with Crippen LogP contribution in [0.1, 0.15) is 40.7 Å². The summed E-state index contributed by atoms with van der Waals surface area (Å²) in [6, 6.07) is 23.1. The van der Waals surface area contributed by atoms with E-state index in [4.69, 9.17) is 0 Å². The van der Waals surface area contributed by atoms with Crippen LogP contribution in [-0.4, -0.2) is 10.5 Å². The minimum absolute atomic E-state index is 0.0809. The van der Waals surface area contributed by atoms with Gasteiger partial charge in [0.2, 0.25) is 5.91 Å². The molecular formula is C28H30N2O. The summed E-state index contributed by atoms with van der Waals surface area (Å²) < 4.78 is 2.34. The van der Waals surface area contributed by atoms with Gasteiger partial charge in [-0.2, -0.15) is 0 Å². The Balaban J connectivity index is 1.44. The van der Waals surface area contributed by atoms with Crippen LogP contribution in [0.15, 0.2) is 72.9 Å². The summed E-state index contributed by atoms with van der Waals surface area (Å²) in [5.74, 6) is 0.0809. The van der Waals surface area contributed by atoms with Crippen LogP contribution >= 0.6 is 0 Å². The Morgan fingerprint density at radius 2 is 1.58 bits per heavy atom. The Morgan fingerprint density at radius 1 is 0.839 bits per heavy atom. The lowest BCUT2D eigenvalue weighted by Gasteiger charge is -2.10.